The number of ether oxygens (including phenoxy) is 2. The lowest BCUT2D eigenvalue weighted by Gasteiger charge is -2.27. The predicted octanol–water partition coefficient (Wildman–Crippen LogP) is 4.47. The van der Waals surface area contributed by atoms with E-state index in [2.05, 4.69) is 20.6 Å². The minimum Gasteiger partial charge on any atom is -0.497 e. The molecular formula is C25H28N4O3. The molecule has 3 aromatic rings. The van der Waals surface area contributed by atoms with Crippen LogP contribution >= 0.6 is 0 Å². The number of carbonyl (C=O) groups excluding carboxylic acids is 1. The molecule has 0 radical (unpaired) electrons. The van der Waals surface area contributed by atoms with E-state index in [9.17, 15) is 4.79 Å². The molecule has 2 aromatic carbocycles. The molecule has 0 saturated heterocycles. The van der Waals surface area contributed by atoms with E-state index in [1.807, 2.05) is 48.5 Å². The van der Waals surface area contributed by atoms with E-state index in [4.69, 9.17) is 9.47 Å². The van der Waals surface area contributed by atoms with E-state index < -0.39 is 5.54 Å². The van der Waals surface area contributed by atoms with Gasteiger partial charge in [0, 0.05) is 30.2 Å². The molecule has 0 bridgehead atoms. The molecule has 166 valence electrons. The third-order valence-electron chi connectivity index (χ3n) is 5.95. The highest BCUT2D eigenvalue weighted by Crippen LogP contribution is 2.31. The second-order valence-electron chi connectivity index (χ2n) is 7.98. The SMILES string of the molecule is COC(=O)C1(NCc2ccc(Nc3ncc(-c4ccc(OC)cc4)cn3)cc2)CCCC1. The van der Waals surface area contributed by atoms with E-state index in [1.54, 1.807) is 19.5 Å². The Morgan fingerprint density at radius 3 is 2.19 bits per heavy atom. The highest BCUT2D eigenvalue weighted by Gasteiger charge is 2.41. The minimum absolute atomic E-state index is 0.163. The van der Waals surface area contributed by atoms with Crippen molar-refractivity contribution < 1.29 is 14.3 Å². The first-order valence-electron chi connectivity index (χ1n) is 10.8. The first kappa shape index (κ1) is 21.8. The molecule has 2 N–H and O–H groups in total. The molecule has 0 spiro atoms. The van der Waals surface area contributed by atoms with E-state index >= 15 is 0 Å². The van der Waals surface area contributed by atoms with Crippen LogP contribution in [0.2, 0.25) is 0 Å². The number of benzene rings is 2. The minimum atomic E-state index is -0.550. The van der Waals surface area contributed by atoms with Crippen molar-refractivity contribution in [3.63, 3.8) is 0 Å². The molecule has 1 aliphatic rings. The Kier molecular flexibility index (Phi) is 6.66. The average molecular weight is 433 g/mol. The second kappa shape index (κ2) is 9.78. The van der Waals surface area contributed by atoms with Crippen LogP contribution < -0.4 is 15.4 Å². The molecule has 7 nitrogen and oxygen atoms in total. The third-order valence-corrected chi connectivity index (χ3v) is 5.95. The summed E-state index contributed by atoms with van der Waals surface area (Å²) in [7, 11) is 3.10. The summed E-state index contributed by atoms with van der Waals surface area (Å²) < 4.78 is 10.2. The van der Waals surface area contributed by atoms with E-state index in [-0.39, 0.29) is 5.97 Å². The number of hydrogen-bond donors (Lipinski definition) is 2. The molecule has 4 rings (SSSR count). The summed E-state index contributed by atoms with van der Waals surface area (Å²) in [4.78, 5) is 21.1. The van der Waals surface area contributed by atoms with E-state index in [0.29, 0.717) is 12.5 Å². The van der Waals surface area contributed by atoms with Crippen molar-refractivity contribution in [2.45, 2.75) is 37.8 Å². The van der Waals surface area contributed by atoms with Crippen molar-refractivity contribution in [1.29, 1.82) is 0 Å². The molecule has 0 unspecified atom stereocenters. The highest BCUT2D eigenvalue weighted by atomic mass is 16.5. The predicted molar refractivity (Wildman–Crippen MR) is 124 cm³/mol. The zero-order chi connectivity index (χ0) is 22.4. The summed E-state index contributed by atoms with van der Waals surface area (Å²) in [6.07, 6.45) is 7.32. The lowest BCUT2D eigenvalue weighted by atomic mass is 9.97. The number of rotatable bonds is 8. The molecule has 1 aromatic heterocycles. The average Bonchev–Trinajstić information content (AvgIpc) is 3.34. The van der Waals surface area contributed by atoms with Crippen molar-refractivity contribution in [3.8, 4) is 16.9 Å². The molecule has 0 amide bonds. The molecule has 7 heteroatoms. The van der Waals surface area contributed by atoms with Gasteiger partial charge in [-0.05, 0) is 48.2 Å². The molecule has 1 saturated carbocycles. The van der Waals surface area contributed by atoms with Crippen LogP contribution in [-0.4, -0.2) is 35.7 Å². The first-order valence-corrected chi connectivity index (χ1v) is 10.8. The van der Waals surface area contributed by atoms with Crippen molar-refractivity contribution in [1.82, 2.24) is 15.3 Å². The van der Waals surface area contributed by atoms with Gasteiger partial charge in [0.2, 0.25) is 5.95 Å². The molecule has 0 aliphatic heterocycles. The number of nitrogens with zero attached hydrogens (tertiary/aromatic N) is 2. The van der Waals surface area contributed by atoms with Gasteiger partial charge >= 0.3 is 5.97 Å². The smallest absolute Gasteiger partial charge is 0.326 e. The van der Waals surface area contributed by atoms with Gasteiger partial charge in [0.1, 0.15) is 11.3 Å². The molecule has 1 aliphatic carbocycles. The van der Waals surface area contributed by atoms with Gasteiger partial charge in [0.05, 0.1) is 14.2 Å². The maximum Gasteiger partial charge on any atom is 0.326 e. The van der Waals surface area contributed by atoms with E-state index in [1.165, 1.54) is 7.11 Å². The molecule has 32 heavy (non-hydrogen) atoms. The zero-order valence-corrected chi connectivity index (χ0v) is 18.4. The Bertz CT molecular complexity index is 1030. The standard InChI is InChI=1S/C25H28N4O3/c1-31-22-11-7-19(8-12-22)20-16-26-24(27-17-20)29-21-9-5-18(6-10-21)15-28-25(23(30)32-2)13-3-4-14-25/h5-12,16-17,28H,3-4,13-15H2,1-2H3,(H,26,27,29). The van der Waals surface area contributed by atoms with Gasteiger partial charge in [-0.25, -0.2) is 9.97 Å². The maximum absolute atomic E-state index is 12.2. The van der Waals surface area contributed by atoms with Gasteiger partial charge in [-0.15, -0.1) is 0 Å². The summed E-state index contributed by atoms with van der Waals surface area (Å²) >= 11 is 0. The van der Waals surface area contributed by atoms with Crippen LogP contribution in [0.3, 0.4) is 0 Å². The number of methoxy groups -OCH3 is 2. The third kappa shape index (κ3) is 4.89. The van der Waals surface area contributed by atoms with Crippen molar-refractivity contribution in [3.05, 3.63) is 66.5 Å². The van der Waals surface area contributed by atoms with Gasteiger partial charge in [-0.2, -0.15) is 0 Å². The van der Waals surface area contributed by atoms with Crippen molar-refractivity contribution >= 4 is 17.6 Å². The van der Waals surface area contributed by atoms with Gasteiger partial charge in [-0.1, -0.05) is 37.1 Å². The molecule has 1 heterocycles. The van der Waals surface area contributed by atoms with Crippen LogP contribution in [0, 0.1) is 0 Å². The van der Waals surface area contributed by atoms with Gasteiger partial charge in [0.25, 0.3) is 0 Å². The van der Waals surface area contributed by atoms with Gasteiger partial charge < -0.3 is 14.8 Å². The summed E-state index contributed by atoms with van der Waals surface area (Å²) in [6, 6.07) is 15.8. The fourth-order valence-corrected chi connectivity index (χ4v) is 4.06. The Hall–Kier alpha value is -3.45. The lowest BCUT2D eigenvalue weighted by molar-refractivity contribution is -0.148. The van der Waals surface area contributed by atoms with Crippen LogP contribution in [0.1, 0.15) is 31.2 Å². The second-order valence-corrected chi connectivity index (χ2v) is 7.98. The fourth-order valence-electron chi connectivity index (χ4n) is 4.06. The summed E-state index contributed by atoms with van der Waals surface area (Å²) in [6.45, 7) is 0.614. The largest absolute Gasteiger partial charge is 0.497 e. The highest BCUT2D eigenvalue weighted by molar-refractivity contribution is 5.81. The molecule has 1 fully saturated rings. The number of aromatic nitrogens is 2. The Balaban J connectivity index is 1.35. The zero-order valence-electron chi connectivity index (χ0n) is 18.4. The number of esters is 1. The number of nitrogens with one attached hydrogen (secondary N) is 2. The van der Waals surface area contributed by atoms with Crippen LogP contribution in [-0.2, 0) is 16.1 Å². The molecular weight excluding hydrogens is 404 g/mol. The number of anilines is 2. The quantitative estimate of drug-likeness (QED) is 0.508. The maximum atomic E-state index is 12.2. The summed E-state index contributed by atoms with van der Waals surface area (Å²) in [5.74, 6) is 1.18. The Morgan fingerprint density at radius 2 is 1.59 bits per heavy atom. The summed E-state index contributed by atoms with van der Waals surface area (Å²) in [5.41, 5.74) is 3.41. The number of hydrogen-bond acceptors (Lipinski definition) is 7. The van der Waals surface area contributed by atoms with Crippen molar-refractivity contribution in [2.24, 2.45) is 0 Å². The Morgan fingerprint density at radius 1 is 0.938 bits per heavy atom. The number of carbonyl (C=O) groups is 1. The normalized spacial score (nSPS) is 14.7. The Labute approximate surface area is 188 Å². The first-order chi connectivity index (χ1) is 15.6. The summed E-state index contributed by atoms with van der Waals surface area (Å²) in [5, 5.41) is 6.66. The van der Waals surface area contributed by atoms with Crippen molar-refractivity contribution in [2.75, 3.05) is 19.5 Å². The van der Waals surface area contributed by atoms with Gasteiger partial charge in [0.15, 0.2) is 0 Å². The van der Waals surface area contributed by atoms with Gasteiger partial charge in [-0.3, -0.25) is 10.1 Å². The lowest BCUT2D eigenvalue weighted by Crippen LogP contribution is -2.50. The van der Waals surface area contributed by atoms with E-state index in [0.717, 1.165) is 53.8 Å². The fraction of sp³-hybridized carbons (Fsp3) is 0.320. The monoisotopic (exact) mass is 432 g/mol. The van der Waals surface area contributed by atoms with Crippen LogP contribution in [0.25, 0.3) is 11.1 Å². The topological polar surface area (TPSA) is 85.4 Å². The molecule has 0 atom stereocenters. The van der Waals surface area contributed by atoms with Crippen LogP contribution in [0.15, 0.2) is 60.9 Å². The van der Waals surface area contributed by atoms with Crippen LogP contribution in [0.4, 0.5) is 11.6 Å². The van der Waals surface area contributed by atoms with Crippen LogP contribution in [0.5, 0.6) is 5.75 Å².